The summed E-state index contributed by atoms with van der Waals surface area (Å²) in [6, 6.07) is 24.1. The molecule has 0 aliphatic rings. The lowest BCUT2D eigenvalue weighted by Gasteiger charge is -2.07. The van der Waals surface area contributed by atoms with Crippen LogP contribution in [-0.4, -0.2) is 14.9 Å². The van der Waals surface area contributed by atoms with Gasteiger partial charge in [0.15, 0.2) is 0 Å². The molecule has 4 aromatic rings. The summed E-state index contributed by atoms with van der Waals surface area (Å²) in [6.07, 6.45) is 1.01. The van der Waals surface area contributed by atoms with Crippen molar-refractivity contribution in [3.8, 4) is 28.1 Å². The molecule has 0 spiro atoms. The summed E-state index contributed by atoms with van der Waals surface area (Å²) in [5, 5.41) is 15.7. The molecule has 1 aromatic heterocycles. The Kier molecular flexibility index (Phi) is 3.98. The Hall–Kier alpha value is -3.07. The molecular formula is C22H20N2O. The van der Waals surface area contributed by atoms with Crippen LogP contribution >= 0.6 is 0 Å². The minimum atomic E-state index is 0.277. The van der Waals surface area contributed by atoms with Crippen LogP contribution in [0.25, 0.3) is 33.3 Å². The van der Waals surface area contributed by atoms with Gasteiger partial charge < -0.3 is 5.11 Å². The van der Waals surface area contributed by atoms with E-state index in [1.54, 1.807) is 12.1 Å². The van der Waals surface area contributed by atoms with E-state index in [0.717, 1.165) is 40.7 Å². The van der Waals surface area contributed by atoms with Gasteiger partial charge in [0.25, 0.3) is 0 Å². The van der Waals surface area contributed by atoms with Crippen LogP contribution in [0.4, 0.5) is 0 Å². The van der Waals surface area contributed by atoms with E-state index in [1.165, 1.54) is 5.56 Å². The first-order valence-electron chi connectivity index (χ1n) is 8.62. The maximum atomic E-state index is 9.61. The molecule has 0 saturated carbocycles. The quantitative estimate of drug-likeness (QED) is 0.538. The number of phenols is 1. The van der Waals surface area contributed by atoms with E-state index in [0.29, 0.717) is 0 Å². The fourth-order valence-electron chi connectivity index (χ4n) is 3.30. The van der Waals surface area contributed by atoms with Gasteiger partial charge in [0.1, 0.15) is 11.3 Å². The smallest absolute Gasteiger partial charge is 0.115 e. The third-order valence-electron chi connectivity index (χ3n) is 4.43. The Morgan fingerprint density at radius 1 is 0.840 bits per heavy atom. The molecule has 3 nitrogen and oxygen atoms in total. The van der Waals surface area contributed by atoms with E-state index >= 15 is 0 Å². The first-order chi connectivity index (χ1) is 12.3. The largest absolute Gasteiger partial charge is 0.508 e. The molecule has 0 aliphatic carbocycles. The van der Waals surface area contributed by atoms with E-state index in [-0.39, 0.29) is 5.75 Å². The molecule has 3 aromatic carbocycles. The van der Waals surface area contributed by atoms with Gasteiger partial charge in [-0.05, 0) is 36.2 Å². The lowest BCUT2D eigenvalue weighted by atomic mass is 10.0. The second kappa shape index (κ2) is 6.44. The summed E-state index contributed by atoms with van der Waals surface area (Å²) in [4.78, 5) is 0. The van der Waals surface area contributed by atoms with Crippen molar-refractivity contribution >= 4 is 10.9 Å². The van der Waals surface area contributed by atoms with Crippen molar-refractivity contribution in [1.29, 1.82) is 0 Å². The number of aryl methyl sites for hydroxylation is 1. The van der Waals surface area contributed by atoms with Gasteiger partial charge >= 0.3 is 0 Å². The van der Waals surface area contributed by atoms with Crippen LogP contribution in [0.1, 0.15) is 13.3 Å². The fourth-order valence-corrected chi connectivity index (χ4v) is 3.30. The highest BCUT2D eigenvalue weighted by Crippen LogP contribution is 2.35. The van der Waals surface area contributed by atoms with E-state index in [2.05, 4.69) is 54.1 Å². The van der Waals surface area contributed by atoms with Crippen LogP contribution in [0, 0.1) is 0 Å². The van der Waals surface area contributed by atoms with Crippen molar-refractivity contribution in [3.05, 3.63) is 72.8 Å². The topological polar surface area (TPSA) is 38.0 Å². The number of benzene rings is 3. The van der Waals surface area contributed by atoms with Crippen LogP contribution in [0.15, 0.2) is 72.8 Å². The fraction of sp³-hybridized carbons (Fsp3) is 0.136. The molecule has 0 aliphatic heterocycles. The van der Waals surface area contributed by atoms with E-state index in [4.69, 9.17) is 5.10 Å². The number of fused-ring (bicyclic) bond motifs is 1. The van der Waals surface area contributed by atoms with Crippen LogP contribution in [-0.2, 0) is 6.54 Å². The van der Waals surface area contributed by atoms with Gasteiger partial charge in [-0.1, -0.05) is 55.5 Å². The monoisotopic (exact) mass is 328 g/mol. The lowest BCUT2D eigenvalue weighted by Crippen LogP contribution is -2.01. The molecule has 25 heavy (non-hydrogen) atoms. The number of aromatic nitrogens is 2. The Bertz CT molecular complexity index is 1000. The molecule has 1 heterocycles. The van der Waals surface area contributed by atoms with Crippen molar-refractivity contribution in [1.82, 2.24) is 9.78 Å². The van der Waals surface area contributed by atoms with E-state index in [9.17, 15) is 5.11 Å². The number of phenolic OH excluding ortho intramolecular Hbond substituents is 1. The zero-order chi connectivity index (χ0) is 17.2. The van der Waals surface area contributed by atoms with Gasteiger partial charge in [0, 0.05) is 23.1 Å². The van der Waals surface area contributed by atoms with Crippen molar-refractivity contribution in [2.45, 2.75) is 19.9 Å². The molecule has 0 atom stereocenters. The first kappa shape index (κ1) is 15.5. The average Bonchev–Trinajstić information content (AvgIpc) is 3.01. The van der Waals surface area contributed by atoms with E-state index < -0.39 is 0 Å². The summed E-state index contributed by atoms with van der Waals surface area (Å²) < 4.78 is 2.09. The summed E-state index contributed by atoms with van der Waals surface area (Å²) in [7, 11) is 0. The van der Waals surface area contributed by atoms with Crippen LogP contribution in [0.5, 0.6) is 5.75 Å². The SMILES string of the molecule is CCCn1nc2c(-c3ccccc3)cccc2c1-c1ccc(O)cc1. The molecule has 1 N–H and O–H groups in total. The van der Waals surface area contributed by atoms with Gasteiger partial charge in [-0.25, -0.2) is 0 Å². The summed E-state index contributed by atoms with van der Waals surface area (Å²) >= 11 is 0. The number of rotatable bonds is 4. The molecule has 0 bridgehead atoms. The molecule has 3 heteroatoms. The van der Waals surface area contributed by atoms with Gasteiger partial charge in [-0.3, -0.25) is 4.68 Å². The standard InChI is InChI=1S/C22H20N2O/c1-2-15-24-22(17-11-13-18(25)14-12-17)20-10-6-9-19(21(20)23-24)16-7-4-3-5-8-16/h3-14,25H,2,15H2,1H3. The minimum absolute atomic E-state index is 0.277. The van der Waals surface area contributed by atoms with Crippen molar-refractivity contribution in [3.63, 3.8) is 0 Å². The highest BCUT2D eigenvalue weighted by molar-refractivity contribution is 6.01. The van der Waals surface area contributed by atoms with Crippen molar-refractivity contribution in [2.75, 3.05) is 0 Å². The molecule has 124 valence electrons. The molecule has 4 rings (SSSR count). The second-order valence-electron chi connectivity index (χ2n) is 6.19. The molecule has 0 saturated heterocycles. The zero-order valence-electron chi connectivity index (χ0n) is 14.2. The number of aromatic hydroxyl groups is 1. The summed E-state index contributed by atoms with van der Waals surface area (Å²) in [5.74, 6) is 0.277. The van der Waals surface area contributed by atoms with Crippen LogP contribution < -0.4 is 0 Å². The second-order valence-corrected chi connectivity index (χ2v) is 6.19. The summed E-state index contributed by atoms with van der Waals surface area (Å²) in [6.45, 7) is 3.02. The highest BCUT2D eigenvalue weighted by atomic mass is 16.3. The lowest BCUT2D eigenvalue weighted by molar-refractivity contribution is 0.475. The molecule has 0 radical (unpaired) electrons. The van der Waals surface area contributed by atoms with Gasteiger partial charge in [-0.2, -0.15) is 5.10 Å². The predicted octanol–water partition coefficient (Wildman–Crippen LogP) is 5.49. The third kappa shape index (κ3) is 2.78. The molecular weight excluding hydrogens is 308 g/mol. The van der Waals surface area contributed by atoms with Crippen molar-refractivity contribution in [2.24, 2.45) is 0 Å². The van der Waals surface area contributed by atoms with Gasteiger partial charge in [0.2, 0.25) is 0 Å². The highest BCUT2D eigenvalue weighted by Gasteiger charge is 2.16. The Morgan fingerprint density at radius 2 is 1.60 bits per heavy atom. The van der Waals surface area contributed by atoms with Crippen LogP contribution in [0.2, 0.25) is 0 Å². The Morgan fingerprint density at radius 3 is 2.32 bits per heavy atom. The van der Waals surface area contributed by atoms with E-state index in [1.807, 2.05) is 18.2 Å². The Balaban J connectivity index is 1.99. The van der Waals surface area contributed by atoms with Gasteiger partial charge in [0.05, 0.1) is 5.69 Å². The maximum absolute atomic E-state index is 9.61. The number of hydrogen-bond donors (Lipinski definition) is 1. The summed E-state index contributed by atoms with van der Waals surface area (Å²) in [5.41, 5.74) is 5.51. The maximum Gasteiger partial charge on any atom is 0.115 e. The molecule has 0 fully saturated rings. The normalized spacial score (nSPS) is 11.1. The number of hydrogen-bond acceptors (Lipinski definition) is 2. The predicted molar refractivity (Wildman–Crippen MR) is 103 cm³/mol. The Labute approximate surface area is 147 Å². The minimum Gasteiger partial charge on any atom is -0.508 e. The van der Waals surface area contributed by atoms with Crippen LogP contribution in [0.3, 0.4) is 0 Å². The number of nitrogens with zero attached hydrogens (tertiary/aromatic N) is 2. The third-order valence-corrected chi connectivity index (χ3v) is 4.43. The molecule has 0 unspecified atom stereocenters. The van der Waals surface area contributed by atoms with Crippen molar-refractivity contribution < 1.29 is 5.11 Å². The average molecular weight is 328 g/mol. The zero-order valence-corrected chi connectivity index (χ0v) is 14.2. The first-order valence-corrected chi connectivity index (χ1v) is 8.62. The molecule has 0 amide bonds. The van der Waals surface area contributed by atoms with Gasteiger partial charge in [-0.15, -0.1) is 0 Å².